The number of para-hydroxylation sites is 1. The molecule has 2 heterocycles. The number of nitrogens with one attached hydrogen (secondary N) is 1. The normalized spacial score (nSPS) is 14.4. The number of amides is 2. The number of urea groups is 1. The van der Waals surface area contributed by atoms with E-state index in [2.05, 4.69) is 5.32 Å². The highest BCUT2D eigenvalue weighted by Crippen LogP contribution is 2.22. The monoisotopic (exact) mass is 380 g/mol. The molecule has 1 saturated heterocycles. The van der Waals surface area contributed by atoms with Crippen molar-refractivity contribution < 1.29 is 9.18 Å². The molecule has 1 aliphatic rings. The summed E-state index contributed by atoms with van der Waals surface area (Å²) in [5, 5.41) is 4.20. The third-order valence-electron chi connectivity index (χ3n) is 5.09. The average Bonchev–Trinajstić information content (AvgIpc) is 2.72. The minimum atomic E-state index is -0.253. The zero-order valence-corrected chi connectivity index (χ0v) is 15.6. The second kappa shape index (κ2) is 7.34. The predicted octanol–water partition coefficient (Wildman–Crippen LogP) is 3.03. The Kier molecular flexibility index (Phi) is 4.73. The minimum Gasteiger partial charge on any atom is -0.366 e. The Hall–Kier alpha value is -3.35. The van der Waals surface area contributed by atoms with Crippen LogP contribution in [0.1, 0.15) is 0 Å². The zero-order valence-electron chi connectivity index (χ0n) is 15.6. The van der Waals surface area contributed by atoms with Crippen LogP contribution in [-0.2, 0) is 7.05 Å². The number of carbonyl (C=O) groups excluding carboxylic acids is 1. The summed E-state index contributed by atoms with van der Waals surface area (Å²) in [6.45, 7) is 2.10. The lowest BCUT2D eigenvalue weighted by atomic mass is 10.1. The number of fused-ring (bicyclic) bond motifs is 1. The van der Waals surface area contributed by atoms with Crippen LogP contribution in [0, 0.1) is 5.82 Å². The van der Waals surface area contributed by atoms with Gasteiger partial charge in [0.2, 0.25) is 0 Å². The fourth-order valence-electron chi connectivity index (χ4n) is 3.57. The number of piperazine rings is 1. The van der Waals surface area contributed by atoms with Crippen molar-refractivity contribution in [3.05, 3.63) is 70.9 Å². The first-order valence-electron chi connectivity index (χ1n) is 9.18. The molecule has 4 rings (SSSR count). The smallest absolute Gasteiger partial charge is 0.322 e. The number of hydrogen-bond donors (Lipinski definition) is 1. The standard InChI is InChI=1S/C21H21FN4O2/c1-24-14-18(15-6-2-3-7-16(15)20(24)27)23-21(28)26-12-10-25(11-13-26)19-9-5-4-8-17(19)22/h2-9,14H,10-13H2,1H3,(H,23,28). The number of aryl methyl sites for hydroxylation is 1. The number of benzene rings is 2. The fourth-order valence-corrected chi connectivity index (χ4v) is 3.57. The van der Waals surface area contributed by atoms with Gasteiger partial charge in [0.05, 0.1) is 11.4 Å². The highest BCUT2D eigenvalue weighted by molar-refractivity contribution is 6.01. The summed E-state index contributed by atoms with van der Waals surface area (Å²) in [7, 11) is 1.66. The molecule has 0 bridgehead atoms. The quantitative estimate of drug-likeness (QED) is 0.744. The van der Waals surface area contributed by atoms with Gasteiger partial charge in [-0.1, -0.05) is 30.3 Å². The van der Waals surface area contributed by atoms with E-state index in [0.717, 1.165) is 0 Å². The summed E-state index contributed by atoms with van der Waals surface area (Å²) in [5.41, 5.74) is 1.05. The third-order valence-corrected chi connectivity index (χ3v) is 5.09. The van der Waals surface area contributed by atoms with Crippen molar-refractivity contribution in [1.82, 2.24) is 9.47 Å². The van der Waals surface area contributed by atoms with Crippen molar-refractivity contribution in [3.63, 3.8) is 0 Å². The molecule has 1 aliphatic heterocycles. The maximum Gasteiger partial charge on any atom is 0.322 e. The lowest BCUT2D eigenvalue weighted by Crippen LogP contribution is -2.50. The van der Waals surface area contributed by atoms with E-state index >= 15 is 0 Å². The van der Waals surface area contributed by atoms with Crippen LogP contribution in [-0.4, -0.2) is 41.7 Å². The predicted molar refractivity (Wildman–Crippen MR) is 108 cm³/mol. The lowest BCUT2D eigenvalue weighted by Gasteiger charge is -2.36. The van der Waals surface area contributed by atoms with Crippen LogP contribution in [0.25, 0.3) is 10.8 Å². The maximum absolute atomic E-state index is 14.0. The molecule has 1 aromatic heterocycles. The van der Waals surface area contributed by atoms with Gasteiger partial charge in [0.25, 0.3) is 5.56 Å². The summed E-state index contributed by atoms with van der Waals surface area (Å²) in [5.74, 6) is -0.253. The van der Waals surface area contributed by atoms with Crippen molar-refractivity contribution in [3.8, 4) is 0 Å². The van der Waals surface area contributed by atoms with Crippen molar-refractivity contribution >= 4 is 28.2 Å². The molecular weight excluding hydrogens is 359 g/mol. The van der Waals surface area contributed by atoms with E-state index in [-0.39, 0.29) is 17.4 Å². The van der Waals surface area contributed by atoms with Crippen LogP contribution in [0.2, 0.25) is 0 Å². The molecule has 1 fully saturated rings. The second-order valence-electron chi connectivity index (χ2n) is 6.86. The summed E-state index contributed by atoms with van der Waals surface area (Å²) in [6, 6.07) is 13.7. The summed E-state index contributed by atoms with van der Waals surface area (Å²) < 4.78 is 15.4. The molecule has 0 atom stereocenters. The zero-order chi connectivity index (χ0) is 19.7. The average molecular weight is 380 g/mol. The number of rotatable bonds is 2. The van der Waals surface area contributed by atoms with E-state index in [1.807, 2.05) is 23.1 Å². The molecule has 7 heteroatoms. The highest BCUT2D eigenvalue weighted by atomic mass is 19.1. The Morgan fingerprint density at radius 3 is 2.32 bits per heavy atom. The summed E-state index contributed by atoms with van der Waals surface area (Å²) >= 11 is 0. The second-order valence-corrected chi connectivity index (χ2v) is 6.86. The third kappa shape index (κ3) is 3.31. The molecule has 0 aliphatic carbocycles. The van der Waals surface area contributed by atoms with Gasteiger partial charge < -0.3 is 19.7 Å². The van der Waals surface area contributed by atoms with Gasteiger partial charge in [0.1, 0.15) is 5.82 Å². The molecule has 0 spiro atoms. The van der Waals surface area contributed by atoms with Gasteiger partial charge >= 0.3 is 6.03 Å². The molecule has 144 valence electrons. The Labute approximate surface area is 161 Å². The molecule has 0 radical (unpaired) electrons. The molecular formula is C21H21FN4O2. The van der Waals surface area contributed by atoms with Crippen LogP contribution >= 0.6 is 0 Å². The molecule has 1 N–H and O–H groups in total. The van der Waals surface area contributed by atoms with Gasteiger partial charge in [-0.15, -0.1) is 0 Å². The van der Waals surface area contributed by atoms with Crippen molar-refractivity contribution in [2.75, 3.05) is 36.4 Å². The molecule has 3 aromatic rings. The number of aromatic nitrogens is 1. The first-order chi connectivity index (χ1) is 13.5. The number of anilines is 2. The van der Waals surface area contributed by atoms with Gasteiger partial charge in [-0.05, 0) is 18.2 Å². The first-order valence-corrected chi connectivity index (χ1v) is 9.18. The van der Waals surface area contributed by atoms with Gasteiger partial charge in [-0.2, -0.15) is 0 Å². The maximum atomic E-state index is 14.0. The van der Waals surface area contributed by atoms with Crippen LogP contribution in [0.3, 0.4) is 0 Å². The van der Waals surface area contributed by atoms with E-state index in [0.29, 0.717) is 48.3 Å². The Bertz CT molecular complexity index is 1090. The number of carbonyl (C=O) groups is 1. The number of pyridine rings is 1. The number of nitrogens with zero attached hydrogens (tertiary/aromatic N) is 3. The molecule has 28 heavy (non-hydrogen) atoms. The lowest BCUT2D eigenvalue weighted by molar-refractivity contribution is 0.208. The molecule has 6 nitrogen and oxygen atoms in total. The number of hydrogen-bond acceptors (Lipinski definition) is 3. The van der Waals surface area contributed by atoms with Crippen LogP contribution in [0.4, 0.5) is 20.6 Å². The van der Waals surface area contributed by atoms with Gasteiger partial charge in [0.15, 0.2) is 0 Å². The van der Waals surface area contributed by atoms with Crippen molar-refractivity contribution in [2.24, 2.45) is 7.05 Å². The molecule has 2 aromatic carbocycles. The van der Waals surface area contributed by atoms with E-state index < -0.39 is 0 Å². The SMILES string of the molecule is Cn1cc(NC(=O)N2CCN(c3ccccc3F)CC2)c2ccccc2c1=O. The van der Waals surface area contributed by atoms with Crippen molar-refractivity contribution in [1.29, 1.82) is 0 Å². The highest BCUT2D eigenvalue weighted by Gasteiger charge is 2.23. The number of halogens is 1. The molecule has 2 amide bonds. The Morgan fingerprint density at radius 1 is 0.964 bits per heavy atom. The molecule has 0 unspecified atom stereocenters. The van der Waals surface area contributed by atoms with Crippen molar-refractivity contribution in [2.45, 2.75) is 0 Å². The van der Waals surface area contributed by atoms with Gasteiger partial charge in [-0.3, -0.25) is 4.79 Å². The summed E-state index contributed by atoms with van der Waals surface area (Å²) in [6.07, 6.45) is 1.64. The van der Waals surface area contributed by atoms with Crippen LogP contribution in [0.5, 0.6) is 0 Å². The van der Waals surface area contributed by atoms with E-state index in [4.69, 9.17) is 0 Å². The molecule has 0 saturated carbocycles. The van der Waals surface area contributed by atoms with E-state index in [9.17, 15) is 14.0 Å². The van der Waals surface area contributed by atoms with E-state index in [1.54, 1.807) is 42.4 Å². The fraction of sp³-hybridized carbons (Fsp3) is 0.238. The Balaban J connectivity index is 1.49. The largest absolute Gasteiger partial charge is 0.366 e. The van der Waals surface area contributed by atoms with Gasteiger partial charge in [0, 0.05) is 50.2 Å². The first kappa shape index (κ1) is 18.0. The van der Waals surface area contributed by atoms with Crippen LogP contribution < -0.4 is 15.8 Å². The van der Waals surface area contributed by atoms with E-state index in [1.165, 1.54) is 10.6 Å². The topological polar surface area (TPSA) is 57.6 Å². The minimum absolute atomic E-state index is 0.105. The Morgan fingerprint density at radius 2 is 1.61 bits per heavy atom. The summed E-state index contributed by atoms with van der Waals surface area (Å²) in [4.78, 5) is 28.7. The van der Waals surface area contributed by atoms with Crippen LogP contribution in [0.15, 0.2) is 59.5 Å². The van der Waals surface area contributed by atoms with Gasteiger partial charge in [-0.25, -0.2) is 9.18 Å².